The van der Waals surface area contributed by atoms with E-state index in [9.17, 15) is 4.79 Å². The summed E-state index contributed by atoms with van der Waals surface area (Å²) in [5.41, 5.74) is 2.32. The number of carbonyl (C=O) groups excluding carboxylic acids is 1. The Hall–Kier alpha value is -2.37. The number of azo groups is 1. The number of carbonyl (C=O) groups is 1. The summed E-state index contributed by atoms with van der Waals surface area (Å²) in [5, 5.41) is 8.44. The summed E-state index contributed by atoms with van der Waals surface area (Å²) in [6.07, 6.45) is 4.05. The normalized spacial score (nSPS) is 21.2. The summed E-state index contributed by atoms with van der Waals surface area (Å²) in [6.45, 7) is 3.88. The molecule has 0 amide bonds. The summed E-state index contributed by atoms with van der Waals surface area (Å²) >= 11 is 0. The Morgan fingerprint density at radius 3 is 2.35 bits per heavy atom. The summed E-state index contributed by atoms with van der Waals surface area (Å²) < 4.78 is 0. The van der Waals surface area contributed by atoms with Crippen molar-refractivity contribution in [2.45, 2.75) is 25.4 Å². The van der Waals surface area contributed by atoms with Crippen molar-refractivity contribution in [1.29, 1.82) is 0 Å². The van der Waals surface area contributed by atoms with Crippen molar-refractivity contribution in [3.63, 3.8) is 0 Å². The van der Waals surface area contributed by atoms with Gasteiger partial charge < -0.3 is 0 Å². The number of nitrogens with zero attached hydrogens (tertiary/aromatic N) is 4. The zero-order chi connectivity index (χ0) is 17.8. The van der Waals surface area contributed by atoms with Crippen LogP contribution in [0.3, 0.4) is 0 Å². The van der Waals surface area contributed by atoms with Gasteiger partial charge in [0, 0.05) is 18.7 Å². The van der Waals surface area contributed by atoms with Crippen LogP contribution in [-0.4, -0.2) is 47.9 Å². The number of hydrogen-bond acceptors (Lipinski definition) is 5. The third kappa shape index (κ3) is 3.89. The Morgan fingerprint density at radius 1 is 0.885 bits per heavy atom. The van der Waals surface area contributed by atoms with E-state index >= 15 is 0 Å². The highest BCUT2D eigenvalue weighted by molar-refractivity contribution is 5.97. The fourth-order valence-electron chi connectivity index (χ4n) is 3.89. The molecule has 2 aromatic carbocycles. The van der Waals surface area contributed by atoms with E-state index in [1.54, 1.807) is 0 Å². The fourth-order valence-corrected chi connectivity index (χ4v) is 3.89. The van der Waals surface area contributed by atoms with Crippen molar-refractivity contribution in [3.8, 4) is 0 Å². The molecule has 4 rings (SSSR count). The molecule has 0 aliphatic carbocycles. The van der Waals surface area contributed by atoms with Crippen molar-refractivity contribution in [2.24, 2.45) is 10.2 Å². The second-order valence-corrected chi connectivity index (χ2v) is 6.99. The van der Waals surface area contributed by atoms with Crippen LogP contribution in [0.15, 0.2) is 64.8 Å². The average molecular weight is 348 g/mol. The van der Waals surface area contributed by atoms with Gasteiger partial charge in [0.2, 0.25) is 0 Å². The van der Waals surface area contributed by atoms with E-state index in [0.717, 1.165) is 29.9 Å². The Labute approximate surface area is 154 Å². The number of rotatable bonds is 5. The van der Waals surface area contributed by atoms with E-state index < -0.39 is 0 Å². The van der Waals surface area contributed by atoms with Gasteiger partial charge in [-0.1, -0.05) is 18.2 Å². The summed E-state index contributed by atoms with van der Waals surface area (Å²) in [4.78, 5) is 17.5. The van der Waals surface area contributed by atoms with Crippen LogP contribution in [-0.2, 0) is 0 Å². The largest absolute Gasteiger partial charge is 0.293 e. The predicted octanol–water partition coefficient (Wildman–Crippen LogP) is 4.41. The molecule has 2 saturated heterocycles. The Balaban J connectivity index is 1.38. The van der Waals surface area contributed by atoms with E-state index in [4.69, 9.17) is 0 Å². The highest BCUT2D eigenvalue weighted by Gasteiger charge is 2.33. The van der Waals surface area contributed by atoms with Crippen LogP contribution in [0.5, 0.6) is 0 Å². The van der Waals surface area contributed by atoms with Gasteiger partial charge in [-0.2, -0.15) is 10.2 Å². The SMILES string of the molecule is O=C(CN1CCCN2CCCC21)c1ccc(N=Nc2ccccc2)cc1. The van der Waals surface area contributed by atoms with Gasteiger partial charge in [-0.3, -0.25) is 14.6 Å². The molecule has 0 aromatic heterocycles. The van der Waals surface area contributed by atoms with E-state index in [-0.39, 0.29) is 5.78 Å². The third-order valence-corrected chi connectivity index (χ3v) is 5.21. The van der Waals surface area contributed by atoms with Crippen LogP contribution < -0.4 is 0 Å². The first kappa shape index (κ1) is 17.1. The lowest BCUT2D eigenvalue weighted by atomic mass is 10.1. The van der Waals surface area contributed by atoms with Crippen LogP contribution in [0.4, 0.5) is 11.4 Å². The highest BCUT2D eigenvalue weighted by Crippen LogP contribution is 2.25. The second-order valence-electron chi connectivity index (χ2n) is 6.99. The van der Waals surface area contributed by atoms with Crippen LogP contribution in [0, 0.1) is 0 Å². The second kappa shape index (κ2) is 7.89. The van der Waals surface area contributed by atoms with Gasteiger partial charge in [0.05, 0.1) is 24.1 Å². The zero-order valence-corrected chi connectivity index (χ0v) is 14.9. The third-order valence-electron chi connectivity index (χ3n) is 5.21. The maximum atomic E-state index is 12.7. The van der Waals surface area contributed by atoms with Gasteiger partial charge in [0.1, 0.15) is 0 Å². The summed E-state index contributed by atoms with van der Waals surface area (Å²) in [6, 6.07) is 17.1. The quantitative estimate of drug-likeness (QED) is 0.594. The molecule has 0 saturated carbocycles. The maximum Gasteiger partial charge on any atom is 0.176 e. The smallest absolute Gasteiger partial charge is 0.176 e. The molecule has 0 bridgehead atoms. The van der Waals surface area contributed by atoms with E-state index in [1.807, 2.05) is 54.6 Å². The molecule has 2 aliphatic heterocycles. The Morgan fingerprint density at radius 2 is 1.58 bits per heavy atom. The molecule has 1 unspecified atom stereocenters. The minimum absolute atomic E-state index is 0.185. The monoisotopic (exact) mass is 348 g/mol. The molecule has 5 heteroatoms. The first-order valence-corrected chi connectivity index (χ1v) is 9.38. The van der Waals surface area contributed by atoms with Gasteiger partial charge in [0.25, 0.3) is 0 Å². The predicted molar refractivity (Wildman–Crippen MR) is 102 cm³/mol. The van der Waals surface area contributed by atoms with Crippen molar-refractivity contribution < 1.29 is 4.79 Å². The lowest BCUT2D eigenvalue weighted by Gasteiger charge is -2.39. The number of fused-ring (bicyclic) bond motifs is 1. The Kier molecular flexibility index (Phi) is 5.18. The Bertz CT molecular complexity index is 772. The number of Topliss-reactive ketones (excluding diaryl/α,β-unsaturated/α-hetero) is 1. The minimum Gasteiger partial charge on any atom is -0.293 e. The van der Waals surface area contributed by atoms with E-state index in [0.29, 0.717) is 12.7 Å². The molecule has 5 nitrogen and oxygen atoms in total. The molecule has 26 heavy (non-hydrogen) atoms. The molecule has 0 spiro atoms. The topological polar surface area (TPSA) is 48.3 Å². The molecule has 134 valence electrons. The van der Waals surface area contributed by atoms with Gasteiger partial charge in [-0.25, -0.2) is 0 Å². The lowest BCUT2D eigenvalue weighted by molar-refractivity contribution is 0.0338. The van der Waals surface area contributed by atoms with Gasteiger partial charge in [-0.15, -0.1) is 0 Å². The van der Waals surface area contributed by atoms with Crippen molar-refractivity contribution in [1.82, 2.24) is 9.80 Å². The molecule has 2 aromatic rings. The number of ketones is 1. The molecular formula is C21H24N4O. The molecule has 2 fully saturated rings. The summed E-state index contributed by atoms with van der Waals surface area (Å²) in [5.74, 6) is 0.185. The minimum atomic E-state index is 0.185. The molecule has 0 radical (unpaired) electrons. The molecule has 2 aliphatic rings. The zero-order valence-electron chi connectivity index (χ0n) is 14.9. The molecule has 1 atom stereocenters. The van der Waals surface area contributed by atoms with Crippen molar-refractivity contribution in [3.05, 3.63) is 60.2 Å². The number of benzene rings is 2. The van der Waals surface area contributed by atoms with E-state index in [1.165, 1.54) is 25.9 Å². The first-order chi connectivity index (χ1) is 12.8. The van der Waals surface area contributed by atoms with Gasteiger partial charge in [0.15, 0.2) is 5.78 Å². The first-order valence-electron chi connectivity index (χ1n) is 9.38. The molecule has 2 heterocycles. The van der Waals surface area contributed by atoms with Crippen LogP contribution >= 0.6 is 0 Å². The van der Waals surface area contributed by atoms with Crippen molar-refractivity contribution in [2.75, 3.05) is 26.2 Å². The number of hydrogen-bond donors (Lipinski definition) is 0. The van der Waals surface area contributed by atoms with Gasteiger partial charge >= 0.3 is 0 Å². The summed E-state index contributed by atoms with van der Waals surface area (Å²) in [7, 11) is 0. The maximum absolute atomic E-state index is 12.7. The highest BCUT2D eigenvalue weighted by atomic mass is 16.1. The van der Waals surface area contributed by atoms with Crippen LogP contribution in [0.2, 0.25) is 0 Å². The average Bonchev–Trinajstić information content (AvgIpc) is 3.17. The fraction of sp³-hybridized carbons (Fsp3) is 0.381. The van der Waals surface area contributed by atoms with Gasteiger partial charge in [-0.05, 0) is 62.2 Å². The molecule has 0 N–H and O–H groups in total. The molecular weight excluding hydrogens is 324 g/mol. The van der Waals surface area contributed by atoms with Crippen molar-refractivity contribution >= 4 is 17.2 Å². The van der Waals surface area contributed by atoms with Crippen LogP contribution in [0.1, 0.15) is 29.6 Å². The van der Waals surface area contributed by atoms with E-state index in [2.05, 4.69) is 20.0 Å². The standard InChI is InChI=1S/C21H24N4O/c26-20(16-25-15-5-14-24-13-4-8-21(24)25)17-9-11-19(12-10-17)23-22-18-6-2-1-3-7-18/h1-3,6-7,9-12,21H,4-5,8,13-16H2. The lowest BCUT2D eigenvalue weighted by Crippen LogP contribution is -2.51. The van der Waals surface area contributed by atoms with Crippen LogP contribution in [0.25, 0.3) is 0 Å².